The molecule has 3 heteroatoms. The van der Waals surface area contributed by atoms with E-state index in [0.29, 0.717) is 5.92 Å². The molecular weight excluding hydrogens is 250 g/mol. The van der Waals surface area contributed by atoms with Gasteiger partial charge in [0.05, 0.1) is 7.11 Å². The van der Waals surface area contributed by atoms with Gasteiger partial charge in [-0.1, -0.05) is 13.8 Å². The van der Waals surface area contributed by atoms with Crippen LogP contribution in [0.25, 0.3) is 0 Å². The fraction of sp³-hybridized carbons (Fsp3) is 0.647. The monoisotopic (exact) mass is 275 g/mol. The molecule has 20 heavy (non-hydrogen) atoms. The number of methoxy groups -OCH3 is 1. The molecule has 1 heterocycles. The summed E-state index contributed by atoms with van der Waals surface area (Å²) in [5.74, 6) is 3.30. The summed E-state index contributed by atoms with van der Waals surface area (Å²) >= 11 is 0. The normalized spacial score (nSPS) is 36.3. The number of rotatable bonds is 1. The molecule has 1 aliphatic carbocycles. The second kappa shape index (κ2) is 4.96. The zero-order valence-electron chi connectivity index (χ0n) is 12.7. The first-order chi connectivity index (χ1) is 9.53. The Hall–Kier alpha value is -1.22. The van der Waals surface area contributed by atoms with Crippen molar-refractivity contribution in [3.63, 3.8) is 0 Å². The molecule has 110 valence electrons. The number of hydrogen-bond acceptors (Lipinski definition) is 3. The third kappa shape index (κ3) is 2.28. The Morgan fingerprint density at radius 1 is 1.25 bits per heavy atom. The van der Waals surface area contributed by atoms with Crippen molar-refractivity contribution in [2.75, 3.05) is 7.11 Å². The molecule has 1 fully saturated rings. The lowest BCUT2D eigenvalue weighted by molar-refractivity contribution is -0.0288. The molecule has 0 saturated heterocycles. The Morgan fingerprint density at radius 2 is 2.05 bits per heavy atom. The van der Waals surface area contributed by atoms with Crippen molar-refractivity contribution in [2.24, 2.45) is 17.6 Å². The van der Waals surface area contributed by atoms with Gasteiger partial charge in [0, 0.05) is 18.0 Å². The van der Waals surface area contributed by atoms with Gasteiger partial charge in [0.15, 0.2) is 0 Å². The SMILES string of the molecule is COc1ccc2c(c1)[C@H](N)CC1(CCC(C)C(C)C1)O2. The Morgan fingerprint density at radius 3 is 2.75 bits per heavy atom. The van der Waals surface area contributed by atoms with E-state index in [1.165, 1.54) is 6.42 Å². The van der Waals surface area contributed by atoms with Gasteiger partial charge in [-0.3, -0.25) is 0 Å². The molecule has 2 N–H and O–H groups in total. The predicted octanol–water partition coefficient (Wildman–Crippen LogP) is 3.67. The molecule has 1 aliphatic heterocycles. The Bertz CT molecular complexity index is 502. The van der Waals surface area contributed by atoms with Crippen molar-refractivity contribution in [3.05, 3.63) is 23.8 Å². The molecule has 0 bridgehead atoms. The van der Waals surface area contributed by atoms with E-state index in [1.807, 2.05) is 18.2 Å². The summed E-state index contributed by atoms with van der Waals surface area (Å²) in [6.07, 6.45) is 4.40. The maximum atomic E-state index is 6.42. The van der Waals surface area contributed by atoms with E-state index in [4.69, 9.17) is 15.2 Å². The highest BCUT2D eigenvalue weighted by Crippen LogP contribution is 2.48. The topological polar surface area (TPSA) is 44.5 Å². The van der Waals surface area contributed by atoms with E-state index < -0.39 is 0 Å². The van der Waals surface area contributed by atoms with Gasteiger partial charge in [0.1, 0.15) is 17.1 Å². The van der Waals surface area contributed by atoms with Crippen LogP contribution >= 0.6 is 0 Å². The van der Waals surface area contributed by atoms with Gasteiger partial charge in [0.25, 0.3) is 0 Å². The molecule has 4 atom stereocenters. The molecule has 3 nitrogen and oxygen atoms in total. The molecule has 1 aromatic carbocycles. The van der Waals surface area contributed by atoms with Gasteiger partial charge < -0.3 is 15.2 Å². The second-order valence-electron chi connectivity index (χ2n) is 6.70. The van der Waals surface area contributed by atoms with E-state index in [9.17, 15) is 0 Å². The molecule has 0 aromatic heterocycles. The highest BCUT2D eigenvalue weighted by molar-refractivity contribution is 5.44. The minimum Gasteiger partial charge on any atom is -0.497 e. The lowest BCUT2D eigenvalue weighted by Crippen LogP contribution is -2.47. The van der Waals surface area contributed by atoms with Crippen LogP contribution in [0.2, 0.25) is 0 Å². The highest BCUT2D eigenvalue weighted by Gasteiger charge is 2.44. The quantitative estimate of drug-likeness (QED) is 0.850. The molecule has 0 amide bonds. The standard InChI is InChI=1S/C17H25NO2/c1-11-6-7-17(9-12(11)2)10-15(18)14-8-13(19-3)4-5-16(14)20-17/h4-5,8,11-12,15H,6-7,9-10,18H2,1-3H3/t11?,12?,15-,17?/m1/s1. The van der Waals surface area contributed by atoms with Crippen molar-refractivity contribution < 1.29 is 9.47 Å². The van der Waals surface area contributed by atoms with Crippen LogP contribution in [0, 0.1) is 11.8 Å². The molecule has 1 aromatic rings. The van der Waals surface area contributed by atoms with Gasteiger partial charge in [-0.05, 0) is 49.3 Å². The minimum atomic E-state index is -0.0487. The Labute approximate surface area is 121 Å². The first kappa shape index (κ1) is 13.7. The molecule has 3 rings (SSSR count). The van der Waals surface area contributed by atoms with Crippen LogP contribution in [0.5, 0.6) is 11.5 Å². The van der Waals surface area contributed by atoms with Crippen molar-refractivity contribution >= 4 is 0 Å². The van der Waals surface area contributed by atoms with Crippen LogP contribution in [-0.4, -0.2) is 12.7 Å². The van der Waals surface area contributed by atoms with Gasteiger partial charge in [-0.15, -0.1) is 0 Å². The lowest BCUT2D eigenvalue weighted by atomic mass is 9.69. The fourth-order valence-corrected chi connectivity index (χ4v) is 3.77. The van der Waals surface area contributed by atoms with Gasteiger partial charge in [-0.25, -0.2) is 0 Å². The number of nitrogens with two attached hydrogens (primary N) is 1. The lowest BCUT2D eigenvalue weighted by Gasteiger charge is -2.47. The van der Waals surface area contributed by atoms with Crippen molar-refractivity contribution in [1.29, 1.82) is 0 Å². The average molecular weight is 275 g/mol. The molecule has 2 aliphatic rings. The van der Waals surface area contributed by atoms with Crippen molar-refractivity contribution in [2.45, 2.75) is 51.2 Å². The fourth-order valence-electron chi connectivity index (χ4n) is 3.77. The molecular formula is C17H25NO2. The molecule has 1 saturated carbocycles. The average Bonchev–Trinajstić information content (AvgIpc) is 2.43. The van der Waals surface area contributed by atoms with Crippen LogP contribution in [0.3, 0.4) is 0 Å². The first-order valence-electron chi connectivity index (χ1n) is 7.65. The number of hydrogen-bond donors (Lipinski definition) is 1. The van der Waals surface area contributed by atoms with Gasteiger partial charge >= 0.3 is 0 Å². The van der Waals surface area contributed by atoms with E-state index in [2.05, 4.69) is 13.8 Å². The van der Waals surface area contributed by atoms with Gasteiger partial charge in [-0.2, -0.15) is 0 Å². The van der Waals surface area contributed by atoms with E-state index in [-0.39, 0.29) is 11.6 Å². The first-order valence-corrected chi connectivity index (χ1v) is 7.65. The molecule has 3 unspecified atom stereocenters. The summed E-state index contributed by atoms with van der Waals surface area (Å²) in [6.45, 7) is 4.68. The zero-order chi connectivity index (χ0) is 14.3. The highest BCUT2D eigenvalue weighted by atomic mass is 16.5. The Kier molecular flexibility index (Phi) is 3.41. The number of fused-ring (bicyclic) bond motifs is 1. The summed E-state index contributed by atoms with van der Waals surface area (Å²) < 4.78 is 11.7. The van der Waals surface area contributed by atoms with E-state index in [1.54, 1.807) is 7.11 Å². The minimum absolute atomic E-state index is 0.0487. The largest absolute Gasteiger partial charge is 0.497 e. The van der Waals surface area contributed by atoms with Crippen LogP contribution in [0.4, 0.5) is 0 Å². The van der Waals surface area contributed by atoms with E-state index >= 15 is 0 Å². The third-order valence-corrected chi connectivity index (χ3v) is 5.26. The van der Waals surface area contributed by atoms with Crippen LogP contribution in [0.15, 0.2) is 18.2 Å². The Balaban J connectivity index is 1.89. The predicted molar refractivity (Wildman–Crippen MR) is 80.1 cm³/mol. The summed E-state index contributed by atoms with van der Waals surface area (Å²) in [6, 6.07) is 6.04. The van der Waals surface area contributed by atoms with Crippen LogP contribution in [0.1, 0.15) is 51.1 Å². The third-order valence-electron chi connectivity index (χ3n) is 5.26. The molecule has 1 spiro atoms. The second-order valence-corrected chi connectivity index (χ2v) is 6.70. The van der Waals surface area contributed by atoms with Crippen LogP contribution < -0.4 is 15.2 Å². The van der Waals surface area contributed by atoms with Crippen molar-refractivity contribution in [3.8, 4) is 11.5 Å². The maximum Gasteiger partial charge on any atom is 0.125 e. The summed E-state index contributed by atoms with van der Waals surface area (Å²) in [5, 5.41) is 0. The number of ether oxygens (including phenoxy) is 2. The van der Waals surface area contributed by atoms with Crippen molar-refractivity contribution in [1.82, 2.24) is 0 Å². The smallest absolute Gasteiger partial charge is 0.125 e. The summed E-state index contributed by atoms with van der Waals surface area (Å²) in [7, 11) is 1.68. The number of benzene rings is 1. The van der Waals surface area contributed by atoms with E-state index in [0.717, 1.165) is 42.2 Å². The maximum absolute atomic E-state index is 6.42. The van der Waals surface area contributed by atoms with Crippen LogP contribution in [-0.2, 0) is 0 Å². The zero-order valence-corrected chi connectivity index (χ0v) is 12.7. The van der Waals surface area contributed by atoms with Gasteiger partial charge in [0.2, 0.25) is 0 Å². The molecule has 0 radical (unpaired) electrons. The summed E-state index contributed by atoms with van der Waals surface area (Å²) in [4.78, 5) is 0. The summed E-state index contributed by atoms with van der Waals surface area (Å²) in [5.41, 5.74) is 7.46.